The van der Waals surface area contributed by atoms with Gasteiger partial charge in [0.2, 0.25) is 0 Å². The quantitative estimate of drug-likeness (QED) is 0.644. The van der Waals surface area contributed by atoms with E-state index in [1.807, 2.05) is 18.2 Å². The second-order valence-electron chi connectivity index (χ2n) is 7.03. The van der Waals surface area contributed by atoms with E-state index < -0.39 is 0 Å². The maximum Gasteiger partial charge on any atom is 0.258 e. The van der Waals surface area contributed by atoms with Crippen LogP contribution >= 0.6 is 11.8 Å². The Hall–Kier alpha value is -2.08. The molecule has 0 unspecified atom stereocenters. The number of rotatable bonds is 4. The first-order chi connectivity index (χ1) is 12.6. The summed E-state index contributed by atoms with van der Waals surface area (Å²) in [5.74, 6) is 0.656. The van der Waals surface area contributed by atoms with Crippen LogP contribution in [0.5, 0.6) is 0 Å². The summed E-state index contributed by atoms with van der Waals surface area (Å²) in [6.07, 6.45) is 8.17. The van der Waals surface area contributed by atoms with Crippen molar-refractivity contribution in [2.24, 2.45) is 0 Å². The molecule has 0 amide bonds. The Morgan fingerprint density at radius 2 is 1.96 bits per heavy atom. The second kappa shape index (κ2) is 7.27. The Bertz CT molecular complexity index is 985. The first kappa shape index (κ1) is 17.3. The Balaban J connectivity index is 1.60. The molecule has 3 aromatic heterocycles. The van der Waals surface area contributed by atoms with Gasteiger partial charge in [0.25, 0.3) is 5.56 Å². The largest absolute Gasteiger partial charge is 0.320 e. The van der Waals surface area contributed by atoms with E-state index in [1.54, 1.807) is 28.4 Å². The lowest BCUT2D eigenvalue weighted by molar-refractivity contribution is 0.332. The van der Waals surface area contributed by atoms with Gasteiger partial charge in [0.05, 0.1) is 11.4 Å². The van der Waals surface area contributed by atoms with E-state index in [0.717, 1.165) is 16.5 Å². The molecule has 3 aromatic rings. The van der Waals surface area contributed by atoms with Crippen molar-refractivity contribution in [3.63, 3.8) is 0 Å². The van der Waals surface area contributed by atoms with Crippen molar-refractivity contribution in [3.05, 3.63) is 57.9 Å². The van der Waals surface area contributed by atoms with Crippen molar-refractivity contribution < 1.29 is 0 Å². The molecule has 0 radical (unpaired) electrons. The number of nitrogens with zero attached hydrogens (tertiary/aromatic N) is 4. The lowest BCUT2D eigenvalue weighted by atomic mass is 9.95. The first-order valence-electron chi connectivity index (χ1n) is 9.29. The van der Waals surface area contributed by atoms with Crippen LogP contribution in [0.15, 0.2) is 40.4 Å². The summed E-state index contributed by atoms with van der Waals surface area (Å²) in [5, 5.41) is 1.06. The van der Waals surface area contributed by atoms with Gasteiger partial charge >= 0.3 is 0 Å². The van der Waals surface area contributed by atoms with E-state index in [4.69, 9.17) is 4.98 Å². The molecule has 0 atom stereocenters. The highest BCUT2D eigenvalue weighted by molar-refractivity contribution is 7.98. The van der Waals surface area contributed by atoms with Gasteiger partial charge in [0.1, 0.15) is 5.65 Å². The summed E-state index contributed by atoms with van der Waals surface area (Å²) < 4.78 is 4.00. The Labute approximate surface area is 157 Å². The monoisotopic (exact) mass is 368 g/mol. The van der Waals surface area contributed by atoms with Gasteiger partial charge in [-0.1, -0.05) is 37.1 Å². The standard InChI is InChI=1S/C20H24N4OS/c1-14-15(2)24(17-8-4-3-5-9-17)20(21-14)26-13-16-12-19(25)23-11-7-6-10-18(23)22-16/h6-7,10-12,17H,3-5,8-9,13H2,1-2H3. The zero-order chi connectivity index (χ0) is 18.1. The third-order valence-electron chi connectivity index (χ3n) is 5.27. The van der Waals surface area contributed by atoms with Crippen molar-refractivity contribution in [1.29, 1.82) is 0 Å². The summed E-state index contributed by atoms with van der Waals surface area (Å²) in [4.78, 5) is 21.7. The number of imidazole rings is 1. The summed E-state index contributed by atoms with van der Waals surface area (Å²) in [6, 6.07) is 7.81. The third kappa shape index (κ3) is 3.30. The van der Waals surface area contributed by atoms with E-state index in [0.29, 0.717) is 17.4 Å². The number of fused-ring (bicyclic) bond motifs is 1. The molecule has 5 nitrogen and oxygen atoms in total. The van der Waals surface area contributed by atoms with Crippen LogP contribution in [0.25, 0.3) is 5.65 Å². The predicted octanol–water partition coefficient (Wildman–Crippen LogP) is 4.31. The predicted molar refractivity (Wildman–Crippen MR) is 105 cm³/mol. The van der Waals surface area contributed by atoms with Crippen LogP contribution in [0.2, 0.25) is 0 Å². The molecule has 0 saturated heterocycles. The molecule has 1 aliphatic carbocycles. The molecule has 3 heterocycles. The van der Waals surface area contributed by atoms with Gasteiger partial charge in [0.15, 0.2) is 5.16 Å². The van der Waals surface area contributed by atoms with Gasteiger partial charge in [-0.05, 0) is 38.8 Å². The molecule has 4 rings (SSSR count). The van der Waals surface area contributed by atoms with E-state index >= 15 is 0 Å². The third-order valence-corrected chi connectivity index (χ3v) is 6.25. The normalized spacial score (nSPS) is 15.6. The zero-order valence-corrected chi connectivity index (χ0v) is 16.1. The minimum absolute atomic E-state index is 0.0332. The molecule has 1 aliphatic rings. The second-order valence-corrected chi connectivity index (χ2v) is 7.97. The van der Waals surface area contributed by atoms with Crippen molar-refractivity contribution >= 4 is 17.4 Å². The minimum Gasteiger partial charge on any atom is -0.320 e. The van der Waals surface area contributed by atoms with E-state index in [1.165, 1.54) is 37.8 Å². The number of aryl methyl sites for hydroxylation is 1. The van der Waals surface area contributed by atoms with Gasteiger partial charge in [0, 0.05) is 29.8 Å². The van der Waals surface area contributed by atoms with Crippen molar-refractivity contribution in [2.75, 3.05) is 0 Å². The highest BCUT2D eigenvalue weighted by atomic mass is 32.2. The first-order valence-corrected chi connectivity index (χ1v) is 10.3. The molecule has 26 heavy (non-hydrogen) atoms. The maximum absolute atomic E-state index is 12.3. The fraction of sp³-hybridized carbons (Fsp3) is 0.450. The summed E-state index contributed by atoms with van der Waals surface area (Å²) in [5.41, 5.74) is 3.84. The van der Waals surface area contributed by atoms with Crippen LogP contribution < -0.4 is 5.56 Å². The lowest BCUT2D eigenvalue weighted by Crippen LogP contribution is -2.16. The minimum atomic E-state index is -0.0332. The SMILES string of the molecule is Cc1nc(SCc2cc(=O)n3ccccc3n2)n(C2CCCCC2)c1C. The Morgan fingerprint density at radius 1 is 1.15 bits per heavy atom. The maximum atomic E-state index is 12.3. The lowest BCUT2D eigenvalue weighted by Gasteiger charge is -2.26. The van der Waals surface area contributed by atoms with Crippen LogP contribution in [0.3, 0.4) is 0 Å². The molecular weight excluding hydrogens is 344 g/mol. The number of pyridine rings is 1. The molecular formula is C20H24N4OS. The van der Waals surface area contributed by atoms with Gasteiger partial charge in [-0.15, -0.1) is 0 Å². The van der Waals surface area contributed by atoms with Crippen LogP contribution in [0.4, 0.5) is 0 Å². The van der Waals surface area contributed by atoms with Crippen LogP contribution in [-0.4, -0.2) is 18.9 Å². The highest BCUT2D eigenvalue weighted by Gasteiger charge is 2.22. The average molecular weight is 369 g/mol. The van der Waals surface area contributed by atoms with E-state index in [9.17, 15) is 4.79 Å². The van der Waals surface area contributed by atoms with Crippen LogP contribution in [0.1, 0.15) is 55.2 Å². The molecule has 0 aliphatic heterocycles. The number of aromatic nitrogens is 4. The van der Waals surface area contributed by atoms with Crippen molar-refractivity contribution in [2.45, 2.75) is 62.9 Å². The average Bonchev–Trinajstić information content (AvgIpc) is 2.95. The zero-order valence-electron chi connectivity index (χ0n) is 15.3. The molecule has 0 N–H and O–H groups in total. The number of thioether (sulfide) groups is 1. The molecule has 1 saturated carbocycles. The Kier molecular flexibility index (Phi) is 4.85. The van der Waals surface area contributed by atoms with Gasteiger partial charge in [-0.3, -0.25) is 9.20 Å². The van der Waals surface area contributed by atoms with E-state index in [-0.39, 0.29) is 5.56 Å². The molecule has 6 heteroatoms. The van der Waals surface area contributed by atoms with Crippen molar-refractivity contribution in [3.8, 4) is 0 Å². The van der Waals surface area contributed by atoms with E-state index in [2.05, 4.69) is 23.4 Å². The van der Waals surface area contributed by atoms with Gasteiger partial charge in [-0.2, -0.15) is 0 Å². The van der Waals surface area contributed by atoms with Gasteiger partial charge < -0.3 is 4.57 Å². The Morgan fingerprint density at radius 3 is 2.77 bits per heavy atom. The fourth-order valence-electron chi connectivity index (χ4n) is 3.78. The summed E-state index contributed by atoms with van der Waals surface area (Å²) >= 11 is 1.69. The molecule has 0 spiro atoms. The fourth-order valence-corrected chi connectivity index (χ4v) is 4.83. The molecule has 0 aromatic carbocycles. The molecule has 136 valence electrons. The highest BCUT2D eigenvalue weighted by Crippen LogP contribution is 2.34. The van der Waals surface area contributed by atoms with Crippen molar-refractivity contribution in [1.82, 2.24) is 18.9 Å². The van der Waals surface area contributed by atoms with Gasteiger partial charge in [-0.25, -0.2) is 9.97 Å². The smallest absolute Gasteiger partial charge is 0.258 e. The molecule has 1 fully saturated rings. The molecule has 0 bridgehead atoms. The summed E-state index contributed by atoms with van der Waals surface area (Å²) in [6.45, 7) is 4.25. The number of hydrogen-bond acceptors (Lipinski definition) is 4. The number of hydrogen-bond donors (Lipinski definition) is 0. The topological polar surface area (TPSA) is 52.2 Å². The van der Waals surface area contributed by atoms with Crippen LogP contribution in [-0.2, 0) is 5.75 Å². The summed E-state index contributed by atoms with van der Waals surface area (Å²) in [7, 11) is 0. The van der Waals surface area contributed by atoms with Crippen LogP contribution in [0, 0.1) is 13.8 Å².